The summed E-state index contributed by atoms with van der Waals surface area (Å²) in [6, 6.07) is -0.954. The van der Waals surface area contributed by atoms with Crippen molar-refractivity contribution in [2.75, 3.05) is 34.5 Å². The molecule has 29 heavy (non-hydrogen) atoms. The molecule has 0 aromatic rings. The Morgan fingerprint density at radius 2 is 1.59 bits per heavy atom. The van der Waals surface area contributed by atoms with E-state index < -0.39 is 73.9 Å². The Bertz CT molecular complexity index is 524. The molecule has 0 unspecified atom stereocenters. The predicted octanol–water partition coefficient (Wildman–Crippen LogP) is -3.29. The van der Waals surface area contributed by atoms with E-state index in [2.05, 4.69) is 5.32 Å². The van der Waals surface area contributed by atoms with Crippen molar-refractivity contribution in [1.29, 1.82) is 0 Å². The van der Waals surface area contributed by atoms with Crippen LogP contribution in [0, 0.1) is 0 Å². The average molecular weight is 425 g/mol. The molecule has 2 fully saturated rings. The first-order valence-electron chi connectivity index (χ1n) is 9.22. The molecule has 0 spiro atoms. The average Bonchev–Trinajstić information content (AvgIpc) is 2.69. The predicted molar refractivity (Wildman–Crippen MR) is 94.6 cm³/mol. The third-order valence-corrected chi connectivity index (χ3v) is 4.99. The van der Waals surface area contributed by atoms with Gasteiger partial charge in [-0.3, -0.25) is 4.79 Å². The zero-order chi connectivity index (χ0) is 21.7. The SMILES string of the molecule is COC[C@H]1O[C@@H](OC)[C@H](NC(C)=O)[C@@H](O)[C@@H]1O[C@@H]1O[C@H](CO)[C@H](O)[C@H](O)[C@H]1OC. The third kappa shape index (κ3) is 5.41. The summed E-state index contributed by atoms with van der Waals surface area (Å²) < 4.78 is 32.7. The molecule has 0 aromatic heterocycles. The summed E-state index contributed by atoms with van der Waals surface area (Å²) in [5, 5.41) is 43.2. The summed E-state index contributed by atoms with van der Waals surface area (Å²) in [5.41, 5.74) is 0. The van der Waals surface area contributed by atoms with Crippen molar-refractivity contribution >= 4 is 5.91 Å². The van der Waals surface area contributed by atoms with Crippen LogP contribution in [0.1, 0.15) is 6.92 Å². The van der Waals surface area contributed by atoms with Crippen molar-refractivity contribution in [3.8, 4) is 0 Å². The van der Waals surface area contributed by atoms with Crippen molar-refractivity contribution in [1.82, 2.24) is 5.32 Å². The Kier molecular flexibility index (Phi) is 9.15. The van der Waals surface area contributed by atoms with Crippen LogP contribution in [0.15, 0.2) is 0 Å². The maximum atomic E-state index is 11.6. The number of hydrogen-bond acceptors (Lipinski definition) is 11. The molecule has 2 saturated heterocycles. The lowest BCUT2D eigenvalue weighted by molar-refractivity contribution is -0.349. The minimum absolute atomic E-state index is 0.0212. The minimum Gasteiger partial charge on any atom is -0.394 e. The van der Waals surface area contributed by atoms with Crippen LogP contribution in [0.3, 0.4) is 0 Å². The van der Waals surface area contributed by atoms with E-state index in [0.29, 0.717) is 0 Å². The Morgan fingerprint density at radius 3 is 2.10 bits per heavy atom. The fraction of sp³-hybridized carbons (Fsp3) is 0.941. The molecule has 2 rings (SSSR count). The van der Waals surface area contributed by atoms with E-state index in [-0.39, 0.29) is 6.61 Å². The normalized spacial score (nSPS) is 43.2. The standard InChI is InChI=1S/C17H31NO11/c1-7(20)18-10-12(22)14(9(6-24-2)28-16(10)26-4)29-17-15(25-3)13(23)11(21)8(5-19)27-17/h8-17,19,21-23H,5-6H2,1-4H3,(H,18,20)/t8-,9-,10-,11+,12-,13+,14-,15-,16-,17+/m1/s1. The van der Waals surface area contributed by atoms with E-state index in [9.17, 15) is 25.2 Å². The van der Waals surface area contributed by atoms with Gasteiger partial charge in [0.05, 0.1) is 13.2 Å². The van der Waals surface area contributed by atoms with Gasteiger partial charge in [-0.1, -0.05) is 0 Å². The molecule has 0 radical (unpaired) electrons. The van der Waals surface area contributed by atoms with Gasteiger partial charge in [0.2, 0.25) is 5.91 Å². The van der Waals surface area contributed by atoms with Crippen molar-refractivity contribution < 1.29 is 53.6 Å². The van der Waals surface area contributed by atoms with Gasteiger partial charge in [-0.05, 0) is 0 Å². The summed E-state index contributed by atoms with van der Waals surface area (Å²) in [6.07, 6.45) is -10.4. The number of aliphatic hydroxyl groups excluding tert-OH is 4. The summed E-state index contributed by atoms with van der Waals surface area (Å²) in [7, 11) is 4.10. The van der Waals surface area contributed by atoms with Gasteiger partial charge in [-0.2, -0.15) is 0 Å². The van der Waals surface area contributed by atoms with E-state index in [1.165, 1.54) is 28.3 Å². The van der Waals surface area contributed by atoms with Crippen molar-refractivity contribution in [3.63, 3.8) is 0 Å². The van der Waals surface area contributed by atoms with Crippen LogP contribution in [0.25, 0.3) is 0 Å². The number of methoxy groups -OCH3 is 3. The largest absolute Gasteiger partial charge is 0.394 e. The van der Waals surface area contributed by atoms with Gasteiger partial charge >= 0.3 is 0 Å². The summed E-state index contributed by atoms with van der Waals surface area (Å²) in [5.74, 6) is -0.411. The maximum absolute atomic E-state index is 11.6. The number of aliphatic hydroxyl groups is 4. The molecule has 12 heteroatoms. The Labute approximate surface area is 168 Å². The fourth-order valence-corrected chi connectivity index (χ4v) is 3.55. The highest BCUT2D eigenvalue weighted by atomic mass is 16.7. The fourth-order valence-electron chi connectivity index (χ4n) is 3.55. The molecule has 0 aromatic carbocycles. The van der Waals surface area contributed by atoms with Crippen molar-refractivity contribution in [2.24, 2.45) is 0 Å². The van der Waals surface area contributed by atoms with E-state index in [0.717, 1.165) is 0 Å². The number of nitrogens with one attached hydrogen (secondary N) is 1. The van der Waals surface area contributed by atoms with E-state index in [1.807, 2.05) is 0 Å². The molecule has 2 aliphatic heterocycles. The van der Waals surface area contributed by atoms with Crippen LogP contribution in [0.5, 0.6) is 0 Å². The number of hydrogen-bond donors (Lipinski definition) is 5. The smallest absolute Gasteiger partial charge is 0.217 e. The van der Waals surface area contributed by atoms with Gasteiger partial charge in [-0.15, -0.1) is 0 Å². The maximum Gasteiger partial charge on any atom is 0.217 e. The van der Waals surface area contributed by atoms with Gasteiger partial charge in [0.1, 0.15) is 48.8 Å². The molecule has 0 saturated carbocycles. The van der Waals surface area contributed by atoms with Crippen molar-refractivity contribution in [2.45, 2.75) is 68.3 Å². The number of carbonyl (C=O) groups is 1. The van der Waals surface area contributed by atoms with Gasteiger partial charge in [0, 0.05) is 28.3 Å². The van der Waals surface area contributed by atoms with E-state index >= 15 is 0 Å². The lowest BCUT2D eigenvalue weighted by atomic mass is 9.95. The molecule has 2 heterocycles. The quantitative estimate of drug-likeness (QED) is 0.265. The Morgan fingerprint density at radius 1 is 0.931 bits per heavy atom. The lowest BCUT2D eigenvalue weighted by Gasteiger charge is -2.47. The zero-order valence-electron chi connectivity index (χ0n) is 16.8. The second-order valence-corrected chi connectivity index (χ2v) is 6.96. The van der Waals surface area contributed by atoms with Crippen molar-refractivity contribution in [3.05, 3.63) is 0 Å². The van der Waals surface area contributed by atoms with Crippen LogP contribution in [0.2, 0.25) is 0 Å². The van der Waals surface area contributed by atoms with E-state index in [1.54, 1.807) is 0 Å². The van der Waals surface area contributed by atoms with Crippen LogP contribution in [-0.4, -0.2) is 122 Å². The number of amides is 1. The first-order valence-corrected chi connectivity index (χ1v) is 9.22. The van der Waals surface area contributed by atoms with Crippen LogP contribution >= 0.6 is 0 Å². The molecule has 12 nitrogen and oxygen atoms in total. The Hall–Kier alpha value is -0.930. The zero-order valence-corrected chi connectivity index (χ0v) is 16.8. The molecule has 0 aliphatic carbocycles. The summed E-state index contributed by atoms with van der Waals surface area (Å²) in [4.78, 5) is 11.6. The number of rotatable bonds is 8. The molecule has 10 atom stereocenters. The first kappa shape index (κ1) is 24.3. The van der Waals surface area contributed by atoms with Gasteiger partial charge < -0.3 is 54.2 Å². The molecule has 2 aliphatic rings. The second kappa shape index (κ2) is 10.9. The van der Waals surface area contributed by atoms with E-state index in [4.69, 9.17) is 28.4 Å². The second-order valence-electron chi connectivity index (χ2n) is 6.96. The van der Waals surface area contributed by atoms with Gasteiger partial charge in [-0.25, -0.2) is 0 Å². The highest BCUT2D eigenvalue weighted by Crippen LogP contribution is 2.30. The van der Waals surface area contributed by atoms with Crippen LogP contribution in [0.4, 0.5) is 0 Å². The van der Waals surface area contributed by atoms with Gasteiger partial charge in [0.15, 0.2) is 12.6 Å². The molecular weight excluding hydrogens is 394 g/mol. The first-order chi connectivity index (χ1) is 13.8. The number of carbonyl (C=O) groups excluding carboxylic acids is 1. The minimum atomic E-state index is -1.41. The number of ether oxygens (including phenoxy) is 6. The van der Waals surface area contributed by atoms with Crippen LogP contribution in [-0.2, 0) is 33.2 Å². The molecular formula is C17H31NO11. The highest BCUT2D eigenvalue weighted by Gasteiger charge is 2.51. The molecule has 170 valence electrons. The summed E-state index contributed by atoms with van der Waals surface area (Å²) >= 11 is 0. The summed E-state index contributed by atoms with van der Waals surface area (Å²) in [6.45, 7) is 0.735. The molecule has 0 bridgehead atoms. The highest BCUT2D eigenvalue weighted by molar-refractivity contribution is 5.73. The topological polar surface area (TPSA) is 165 Å². The lowest BCUT2D eigenvalue weighted by Crippen LogP contribution is -2.67. The molecule has 1 amide bonds. The van der Waals surface area contributed by atoms with Crippen LogP contribution < -0.4 is 5.32 Å². The monoisotopic (exact) mass is 425 g/mol. The molecule has 5 N–H and O–H groups in total. The Balaban J connectivity index is 2.26. The van der Waals surface area contributed by atoms with Gasteiger partial charge in [0.25, 0.3) is 0 Å². The third-order valence-electron chi connectivity index (χ3n) is 4.99.